The predicted molar refractivity (Wildman–Crippen MR) is 69.4 cm³/mol. The van der Waals surface area contributed by atoms with Crippen LogP contribution in [0.1, 0.15) is 24.9 Å². The van der Waals surface area contributed by atoms with Crippen LogP contribution in [0.15, 0.2) is 18.2 Å². The first-order valence-corrected chi connectivity index (χ1v) is 6.40. The maximum atomic E-state index is 9.46. The topological polar surface area (TPSA) is 68.4 Å². The number of ether oxygens (including phenoxy) is 1. The summed E-state index contributed by atoms with van der Waals surface area (Å²) in [4.78, 5) is 4.41. The van der Waals surface area contributed by atoms with Crippen molar-refractivity contribution >= 4 is 21.6 Å². The van der Waals surface area contributed by atoms with Gasteiger partial charge in [-0.15, -0.1) is 11.3 Å². The first-order chi connectivity index (χ1) is 8.11. The number of rotatable bonds is 4. The van der Waals surface area contributed by atoms with Gasteiger partial charge in [0, 0.05) is 0 Å². The Morgan fingerprint density at radius 1 is 1.53 bits per heavy atom. The average Bonchev–Trinajstić information content (AvgIpc) is 2.71. The van der Waals surface area contributed by atoms with Crippen molar-refractivity contribution in [2.75, 3.05) is 6.61 Å². The van der Waals surface area contributed by atoms with E-state index in [1.165, 1.54) is 11.3 Å². The van der Waals surface area contributed by atoms with Crippen molar-refractivity contribution < 1.29 is 9.84 Å². The molecule has 3 N–H and O–H groups in total. The zero-order valence-electron chi connectivity index (χ0n) is 9.88. The zero-order chi connectivity index (χ0) is 12.4. The molecule has 1 aromatic carbocycles. The third-order valence-electron chi connectivity index (χ3n) is 2.49. The van der Waals surface area contributed by atoms with Crippen molar-refractivity contribution in [3.05, 3.63) is 23.2 Å². The predicted octanol–water partition coefficient (Wildman–Crippen LogP) is 2.08. The number of aromatic nitrogens is 1. The largest absolute Gasteiger partial charge is 0.494 e. The van der Waals surface area contributed by atoms with E-state index in [2.05, 4.69) is 4.98 Å². The summed E-state index contributed by atoms with van der Waals surface area (Å²) in [6, 6.07) is 5.33. The second kappa shape index (κ2) is 5.00. The molecule has 1 heterocycles. The van der Waals surface area contributed by atoms with Crippen molar-refractivity contribution in [2.24, 2.45) is 5.73 Å². The van der Waals surface area contributed by atoms with Crippen LogP contribution in [0.4, 0.5) is 0 Å². The van der Waals surface area contributed by atoms with E-state index >= 15 is 0 Å². The number of hydrogen-bond donors (Lipinski definition) is 2. The molecule has 0 aliphatic heterocycles. The summed E-state index contributed by atoms with van der Waals surface area (Å²) >= 11 is 1.50. The lowest BCUT2D eigenvalue weighted by Crippen LogP contribution is -2.22. The highest BCUT2D eigenvalue weighted by Crippen LogP contribution is 2.29. The maximum Gasteiger partial charge on any atom is 0.120 e. The van der Waals surface area contributed by atoms with Crippen LogP contribution in [0.2, 0.25) is 0 Å². The first-order valence-electron chi connectivity index (χ1n) is 5.58. The van der Waals surface area contributed by atoms with Gasteiger partial charge in [-0.1, -0.05) is 0 Å². The molecule has 92 valence electrons. The molecule has 0 bridgehead atoms. The van der Waals surface area contributed by atoms with Gasteiger partial charge in [-0.05, 0) is 32.0 Å². The van der Waals surface area contributed by atoms with E-state index in [-0.39, 0.29) is 0 Å². The normalized spacial score (nSPS) is 14.8. The van der Waals surface area contributed by atoms with Crippen LogP contribution in [0.3, 0.4) is 0 Å². The minimum Gasteiger partial charge on any atom is -0.494 e. The number of benzene rings is 1. The van der Waals surface area contributed by atoms with Crippen LogP contribution in [-0.2, 0) is 0 Å². The maximum absolute atomic E-state index is 9.46. The van der Waals surface area contributed by atoms with Gasteiger partial charge in [-0.2, -0.15) is 0 Å². The van der Waals surface area contributed by atoms with Gasteiger partial charge in [-0.3, -0.25) is 0 Å². The molecular weight excluding hydrogens is 236 g/mol. The molecule has 2 atom stereocenters. The molecule has 0 saturated carbocycles. The molecule has 0 spiro atoms. The third-order valence-corrected chi connectivity index (χ3v) is 3.61. The van der Waals surface area contributed by atoms with E-state index in [1.807, 2.05) is 25.1 Å². The van der Waals surface area contributed by atoms with Crippen molar-refractivity contribution in [1.82, 2.24) is 4.98 Å². The highest BCUT2D eigenvalue weighted by molar-refractivity contribution is 7.18. The van der Waals surface area contributed by atoms with Gasteiger partial charge in [0.1, 0.15) is 10.8 Å². The molecule has 4 nitrogen and oxygen atoms in total. The van der Waals surface area contributed by atoms with E-state index in [9.17, 15) is 5.11 Å². The Kier molecular flexibility index (Phi) is 3.61. The van der Waals surface area contributed by atoms with Crippen LogP contribution in [0.5, 0.6) is 5.75 Å². The molecule has 0 saturated heterocycles. The number of fused-ring (bicyclic) bond motifs is 1. The molecule has 1 aromatic heterocycles. The fourth-order valence-corrected chi connectivity index (χ4v) is 2.62. The summed E-state index contributed by atoms with van der Waals surface area (Å²) in [5.41, 5.74) is 6.76. The van der Waals surface area contributed by atoms with Gasteiger partial charge in [0.05, 0.1) is 29.0 Å². The van der Waals surface area contributed by atoms with Crippen LogP contribution in [-0.4, -0.2) is 22.8 Å². The Balaban J connectivity index is 2.36. The summed E-state index contributed by atoms with van der Waals surface area (Å²) in [6.07, 6.45) is -0.595. The molecule has 5 heteroatoms. The summed E-state index contributed by atoms with van der Waals surface area (Å²) in [5.74, 6) is 0.834. The molecule has 0 fully saturated rings. The fraction of sp³-hybridized carbons (Fsp3) is 0.417. The standard InChI is InChI=1S/C12H16N2O2S/c1-3-16-8-4-5-9-10(6-8)17-12(14-9)11(13)7(2)15/h4-7,11,15H,3,13H2,1-2H3. The fourth-order valence-electron chi connectivity index (χ4n) is 1.53. The Morgan fingerprint density at radius 3 is 2.94 bits per heavy atom. The summed E-state index contributed by atoms with van der Waals surface area (Å²) in [6.45, 7) is 4.26. The van der Waals surface area contributed by atoms with E-state index in [0.717, 1.165) is 21.0 Å². The van der Waals surface area contributed by atoms with E-state index in [0.29, 0.717) is 6.61 Å². The summed E-state index contributed by atoms with van der Waals surface area (Å²) in [7, 11) is 0. The monoisotopic (exact) mass is 252 g/mol. The molecule has 0 radical (unpaired) electrons. The first kappa shape index (κ1) is 12.3. The van der Waals surface area contributed by atoms with Gasteiger partial charge in [0.2, 0.25) is 0 Å². The number of thiazole rings is 1. The molecule has 0 amide bonds. The van der Waals surface area contributed by atoms with Gasteiger partial charge in [0.15, 0.2) is 0 Å². The minimum absolute atomic E-state index is 0.428. The highest BCUT2D eigenvalue weighted by atomic mass is 32.1. The van der Waals surface area contributed by atoms with Crippen LogP contribution in [0, 0.1) is 0 Å². The van der Waals surface area contributed by atoms with Crippen molar-refractivity contribution in [3.8, 4) is 5.75 Å². The second-order valence-corrected chi connectivity index (χ2v) is 4.94. The lowest BCUT2D eigenvalue weighted by atomic mass is 10.2. The molecule has 17 heavy (non-hydrogen) atoms. The lowest BCUT2D eigenvalue weighted by Gasteiger charge is -2.10. The quantitative estimate of drug-likeness (QED) is 0.874. The molecule has 0 aliphatic carbocycles. The van der Waals surface area contributed by atoms with E-state index in [4.69, 9.17) is 10.5 Å². The van der Waals surface area contributed by atoms with Gasteiger partial charge < -0.3 is 15.6 Å². The molecular formula is C12H16N2O2S. The summed E-state index contributed by atoms with van der Waals surface area (Å²) in [5, 5.41) is 10.2. The number of hydrogen-bond acceptors (Lipinski definition) is 5. The average molecular weight is 252 g/mol. The molecule has 0 aliphatic rings. The Labute approximate surface area is 104 Å². The lowest BCUT2D eigenvalue weighted by molar-refractivity contribution is 0.164. The van der Waals surface area contributed by atoms with Crippen molar-refractivity contribution in [1.29, 1.82) is 0 Å². The van der Waals surface area contributed by atoms with Gasteiger partial charge in [-0.25, -0.2) is 4.98 Å². The van der Waals surface area contributed by atoms with Gasteiger partial charge in [0.25, 0.3) is 0 Å². The van der Waals surface area contributed by atoms with Gasteiger partial charge >= 0.3 is 0 Å². The molecule has 2 unspecified atom stereocenters. The number of nitrogens with two attached hydrogens (primary N) is 1. The highest BCUT2D eigenvalue weighted by Gasteiger charge is 2.16. The molecule has 2 aromatic rings. The van der Waals surface area contributed by atoms with E-state index in [1.54, 1.807) is 6.92 Å². The van der Waals surface area contributed by atoms with Crippen molar-refractivity contribution in [3.63, 3.8) is 0 Å². The van der Waals surface area contributed by atoms with Crippen LogP contribution in [0.25, 0.3) is 10.2 Å². The molecule has 2 rings (SSSR count). The van der Waals surface area contributed by atoms with Crippen LogP contribution >= 0.6 is 11.3 Å². The second-order valence-electron chi connectivity index (χ2n) is 3.88. The Bertz CT molecular complexity index is 510. The minimum atomic E-state index is -0.595. The Hall–Kier alpha value is -1.17. The number of aliphatic hydroxyl groups is 1. The smallest absolute Gasteiger partial charge is 0.120 e. The SMILES string of the molecule is CCOc1ccc2nc(C(N)C(C)O)sc2c1. The number of aliphatic hydroxyl groups excluding tert-OH is 1. The van der Waals surface area contributed by atoms with Crippen LogP contribution < -0.4 is 10.5 Å². The van der Waals surface area contributed by atoms with Crippen molar-refractivity contribution in [2.45, 2.75) is 26.0 Å². The Morgan fingerprint density at radius 2 is 2.29 bits per heavy atom. The zero-order valence-corrected chi connectivity index (χ0v) is 10.7. The summed E-state index contributed by atoms with van der Waals surface area (Å²) < 4.78 is 6.46. The van der Waals surface area contributed by atoms with E-state index < -0.39 is 12.1 Å². The third kappa shape index (κ3) is 2.57. The number of nitrogens with zero attached hydrogens (tertiary/aromatic N) is 1.